The number of thiophene rings is 1. The van der Waals surface area contributed by atoms with Gasteiger partial charge in [0.2, 0.25) is 5.91 Å². The van der Waals surface area contributed by atoms with E-state index in [1.807, 2.05) is 6.07 Å². The minimum absolute atomic E-state index is 0.156. The van der Waals surface area contributed by atoms with Crippen LogP contribution < -0.4 is 4.90 Å². The van der Waals surface area contributed by atoms with Crippen LogP contribution in [0.15, 0.2) is 62.7 Å². The summed E-state index contributed by atoms with van der Waals surface area (Å²) in [5.41, 5.74) is 0.725. The van der Waals surface area contributed by atoms with E-state index in [9.17, 15) is 13.2 Å². The number of rotatable bonds is 6. The first-order valence-corrected chi connectivity index (χ1v) is 13.9. The van der Waals surface area contributed by atoms with Gasteiger partial charge in [-0.3, -0.25) is 9.69 Å². The number of anilines is 1. The van der Waals surface area contributed by atoms with Gasteiger partial charge in [-0.15, -0.1) is 11.3 Å². The maximum atomic E-state index is 13.9. The van der Waals surface area contributed by atoms with Gasteiger partial charge in [0.15, 0.2) is 5.13 Å². The Morgan fingerprint density at radius 3 is 2.88 bits per heavy atom. The molecule has 3 aromatic heterocycles. The minimum Gasteiger partial charge on any atom is -0.467 e. The first-order chi connectivity index (χ1) is 15.9. The standard InChI is InChI=1S/C22H20ClN3O4S3/c23-15-8-9-17-19(13-15)32-22(24-17)25(14-16-5-3-11-30-16)21(27)18-6-1-2-10-26(18)33(28,29)20-7-4-12-31-20/h3-5,7-9,11-13,18H,1-2,6,10,14H2. The largest absolute Gasteiger partial charge is 0.467 e. The van der Waals surface area contributed by atoms with E-state index in [0.717, 1.165) is 28.0 Å². The van der Waals surface area contributed by atoms with Crippen LogP contribution in [0.5, 0.6) is 0 Å². The van der Waals surface area contributed by atoms with Gasteiger partial charge in [-0.1, -0.05) is 35.4 Å². The second-order valence-electron chi connectivity index (χ2n) is 7.67. The average Bonchev–Trinajstić information content (AvgIpc) is 3.58. The third-order valence-corrected chi connectivity index (χ3v) is 10.1. The summed E-state index contributed by atoms with van der Waals surface area (Å²) in [5, 5.41) is 2.79. The Bertz CT molecular complexity index is 1370. The van der Waals surface area contributed by atoms with Crippen LogP contribution in [-0.4, -0.2) is 36.2 Å². The maximum Gasteiger partial charge on any atom is 0.253 e. The highest BCUT2D eigenvalue weighted by Gasteiger charge is 2.41. The van der Waals surface area contributed by atoms with Crippen molar-refractivity contribution in [2.75, 3.05) is 11.4 Å². The molecule has 0 spiro atoms. The number of fused-ring (bicyclic) bond motifs is 1. The SMILES string of the molecule is O=C(C1CCCCN1S(=O)(=O)c1cccs1)N(Cc1ccco1)c1nc2ccc(Cl)cc2s1. The van der Waals surface area contributed by atoms with E-state index in [4.69, 9.17) is 16.0 Å². The molecule has 1 saturated heterocycles. The highest BCUT2D eigenvalue weighted by atomic mass is 35.5. The van der Waals surface area contributed by atoms with Crippen LogP contribution in [0, 0.1) is 0 Å². The van der Waals surface area contributed by atoms with Gasteiger partial charge in [-0.25, -0.2) is 13.4 Å². The van der Waals surface area contributed by atoms with E-state index in [1.54, 1.807) is 48.0 Å². The molecule has 4 heterocycles. The van der Waals surface area contributed by atoms with Crippen molar-refractivity contribution < 1.29 is 17.6 Å². The number of hydrogen-bond donors (Lipinski definition) is 0. The molecule has 1 fully saturated rings. The van der Waals surface area contributed by atoms with Crippen molar-refractivity contribution in [2.45, 2.75) is 36.1 Å². The van der Waals surface area contributed by atoms with Gasteiger partial charge in [0.05, 0.1) is 23.0 Å². The van der Waals surface area contributed by atoms with Crippen molar-refractivity contribution in [2.24, 2.45) is 0 Å². The molecule has 1 aliphatic heterocycles. The monoisotopic (exact) mass is 521 g/mol. The van der Waals surface area contributed by atoms with E-state index in [-0.39, 0.29) is 16.7 Å². The summed E-state index contributed by atoms with van der Waals surface area (Å²) in [5.74, 6) is 0.278. The Morgan fingerprint density at radius 1 is 1.24 bits per heavy atom. The number of nitrogens with zero attached hydrogens (tertiary/aromatic N) is 3. The average molecular weight is 522 g/mol. The number of carbonyl (C=O) groups excluding carboxylic acids is 1. The summed E-state index contributed by atoms with van der Waals surface area (Å²) in [7, 11) is -3.77. The van der Waals surface area contributed by atoms with Gasteiger partial charge < -0.3 is 4.42 Å². The number of furan rings is 1. The molecule has 11 heteroatoms. The summed E-state index contributed by atoms with van der Waals surface area (Å²) in [6.45, 7) is 0.462. The molecule has 0 radical (unpaired) electrons. The molecule has 4 aromatic rings. The molecule has 0 bridgehead atoms. The molecule has 1 aromatic carbocycles. The van der Waals surface area contributed by atoms with Crippen LogP contribution in [0.4, 0.5) is 5.13 Å². The Balaban J connectivity index is 1.53. The predicted molar refractivity (Wildman–Crippen MR) is 130 cm³/mol. The molecule has 33 heavy (non-hydrogen) atoms. The lowest BCUT2D eigenvalue weighted by Crippen LogP contribution is -2.52. The molecule has 0 N–H and O–H groups in total. The fraction of sp³-hybridized carbons (Fsp3) is 0.273. The van der Waals surface area contributed by atoms with E-state index < -0.39 is 16.1 Å². The number of thiazole rings is 1. The number of aromatic nitrogens is 1. The van der Waals surface area contributed by atoms with Crippen molar-refractivity contribution in [3.63, 3.8) is 0 Å². The summed E-state index contributed by atoms with van der Waals surface area (Å²) < 4.78 is 34.6. The Labute approximate surface area is 204 Å². The van der Waals surface area contributed by atoms with E-state index >= 15 is 0 Å². The van der Waals surface area contributed by atoms with Crippen LogP contribution in [0.25, 0.3) is 10.2 Å². The first kappa shape index (κ1) is 22.5. The number of halogens is 1. The molecule has 1 unspecified atom stereocenters. The molecule has 5 rings (SSSR count). The Kier molecular flexibility index (Phi) is 6.28. The number of hydrogen-bond acceptors (Lipinski definition) is 7. The summed E-state index contributed by atoms with van der Waals surface area (Å²) in [4.78, 5) is 20.1. The second kappa shape index (κ2) is 9.19. The summed E-state index contributed by atoms with van der Waals surface area (Å²) in [6.07, 6.45) is 3.49. The Hall–Kier alpha value is -2.24. The fourth-order valence-corrected chi connectivity index (χ4v) is 7.96. The van der Waals surface area contributed by atoms with Crippen molar-refractivity contribution in [1.82, 2.24) is 9.29 Å². The fourth-order valence-electron chi connectivity index (χ4n) is 3.95. The maximum absolute atomic E-state index is 13.9. The van der Waals surface area contributed by atoms with E-state index in [1.165, 1.54) is 20.5 Å². The number of amides is 1. The molecule has 172 valence electrons. The second-order valence-corrected chi connectivity index (χ2v) is 12.2. The third kappa shape index (κ3) is 4.45. The molecule has 7 nitrogen and oxygen atoms in total. The van der Waals surface area contributed by atoms with Crippen LogP contribution in [0.3, 0.4) is 0 Å². The highest BCUT2D eigenvalue weighted by Crippen LogP contribution is 2.34. The highest BCUT2D eigenvalue weighted by molar-refractivity contribution is 7.91. The molecule has 1 aliphatic rings. The molecule has 1 amide bonds. The molecule has 0 saturated carbocycles. The van der Waals surface area contributed by atoms with Gasteiger partial charge in [0.25, 0.3) is 10.0 Å². The van der Waals surface area contributed by atoms with Crippen LogP contribution >= 0.6 is 34.3 Å². The topological polar surface area (TPSA) is 83.7 Å². The van der Waals surface area contributed by atoms with Gasteiger partial charge in [0.1, 0.15) is 16.0 Å². The molecule has 0 aliphatic carbocycles. The van der Waals surface area contributed by atoms with E-state index in [2.05, 4.69) is 4.98 Å². The number of sulfonamides is 1. The zero-order valence-corrected chi connectivity index (χ0v) is 20.6. The predicted octanol–water partition coefficient (Wildman–Crippen LogP) is 5.38. The normalized spacial score (nSPS) is 17.4. The zero-order valence-electron chi connectivity index (χ0n) is 17.4. The van der Waals surface area contributed by atoms with Gasteiger partial charge in [-0.2, -0.15) is 4.31 Å². The number of benzene rings is 1. The minimum atomic E-state index is -3.77. The third-order valence-electron chi connectivity index (χ3n) is 5.53. The number of piperidine rings is 1. The smallest absolute Gasteiger partial charge is 0.253 e. The van der Waals surface area contributed by atoms with Crippen molar-refractivity contribution in [3.05, 3.63) is 64.9 Å². The summed E-state index contributed by atoms with van der Waals surface area (Å²) in [6, 6.07) is 11.4. The van der Waals surface area contributed by atoms with Crippen molar-refractivity contribution >= 4 is 65.6 Å². The van der Waals surface area contributed by atoms with Crippen molar-refractivity contribution in [1.29, 1.82) is 0 Å². The lowest BCUT2D eigenvalue weighted by atomic mass is 10.0. The van der Waals surface area contributed by atoms with E-state index in [0.29, 0.717) is 35.3 Å². The van der Waals surface area contributed by atoms with Gasteiger partial charge in [0, 0.05) is 11.6 Å². The van der Waals surface area contributed by atoms with Crippen molar-refractivity contribution in [3.8, 4) is 0 Å². The van der Waals surface area contributed by atoms with Gasteiger partial charge in [-0.05, 0) is 54.6 Å². The number of carbonyl (C=O) groups is 1. The lowest BCUT2D eigenvalue weighted by Gasteiger charge is -2.35. The molecular weight excluding hydrogens is 502 g/mol. The van der Waals surface area contributed by atoms with Crippen LogP contribution in [-0.2, 0) is 21.4 Å². The summed E-state index contributed by atoms with van der Waals surface area (Å²) >= 11 is 8.64. The van der Waals surface area contributed by atoms with Gasteiger partial charge >= 0.3 is 0 Å². The van der Waals surface area contributed by atoms with Crippen LogP contribution in [0.2, 0.25) is 5.02 Å². The lowest BCUT2D eigenvalue weighted by molar-refractivity contribution is -0.123. The quantitative estimate of drug-likeness (QED) is 0.340. The van der Waals surface area contributed by atoms with Crippen LogP contribution in [0.1, 0.15) is 25.0 Å². The molecule has 1 atom stereocenters. The first-order valence-electron chi connectivity index (χ1n) is 10.4. The molecular formula is C22H20ClN3O4S3. The zero-order chi connectivity index (χ0) is 23.0. The Morgan fingerprint density at radius 2 is 2.12 bits per heavy atom.